The fourth-order valence-electron chi connectivity index (χ4n) is 2.44. The van der Waals surface area contributed by atoms with Crippen molar-refractivity contribution in [2.24, 2.45) is 0 Å². The van der Waals surface area contributed by atoms with Crippen LogP contribution >= 0.6 is 0 Å². The second-order valence-corrected chi connectivity index (χ2v) is 5.38. The second kappa shape index (κ2) is 8.71. The summed E-state index contributed by atoms with van der Waals surface area (Å²) in [4.78, 5) is 11.6. The lowest BCUT2D eigenvalue weighted by molar-refractivity contribution is -0.307. The Morgan fingerprint density at radius 2 is 2.04 bits per heavy atom. The van der Waals surface area contributed by atoms with Gasteiger partial charge in [-0.15, -0.1) is 0 Å². The molecule has 2 rings (SSSR count). The van der Waals surface area contributed by atoms with Crippen molar-refractivity contribution in [3.63, 3.8) is 0 Å². The predicted molar refractivity (Wildman–Crippen MR) is 90.9 cm³/mol. The van der Waals surface area contributed by atoms with Crippen LogP contribution in [-0.4, -0.2) is 24.3 Å². The van der Waals surface area contributed by atoms with E-state index in [-0.39, 0.29) is 13.2 Å². The number of aliphatic hydroxyl groups is 1. The largest absolute Gasteiger partial charge is 0.548 e. The third-order valence-corrected chi connectivity index (χ3v) is 3.71. The molecule has 0 saturated carbocycles. The molecule has 0 aliphatic rings. The Kier molecular flexibility index (Phi) is 6.38. The maximum absolute atomic E-state index is 11.6. The normalized spacial score (nSPS) is 11.4. The number of nitrogens with one attached hydrogen (secondary N) is 1. The number of carboxylic acids is 1. The van der Waals surface area contributed by atoms with Gasteiger partial charge in [-0.25, -0.2) is 0 Å². The summed E-state index contributed by atoms with van der Waals surface area (Å²) >= 11 is 0. The lowest BCUT2D eigenvalue weighted by Gasteiger charge is -2.23. The number of aryl methyl sites for hydroxylation is 1. The van der Waals surface area contributed by atoms with E-state index in [0.29, 0.717) is 29.0 Å². The van der Waals surface area contributed by atoms with Crippen LogP contribution in [-0.2, 0) is 11.2 Å². The number of nitrogens with zero attached hydrogens (tertiary/aromatic N) is 1. The van der Waals surface area contributed by atoms with Gasteiger partial charge in [0.1, 0.15) is 12.4 Å². The van der Waals surface area contributed by atoms with E-state index in [0.717, 1.165) is 5.56 Å². The molecular weight excluding hydrogens is 320 g/mol. The lowest BCUT2D eigenvalue weighted by atomic mass is 10.0. The van der Waals surface area contributed by atoms with Crippen molar-refractivity contribution in [3.05, 3.63) is 59.2 Å². The molecule has 0 amide bonds. The minimum Gasteiger partial charge on any atom is -0.548 e. The highest BCUT2D eigenvalue weighted by Gasteiger charge is 2.15. The Hall–Kier alpha value is -3.04. The topological polar surface area (TPSA) is 105 Å². The van der Waals surface area contributed by atoms with Crippen molar-refractivity contribution in [1.82, 2.24) is 0 Å². The average Bonchev–Trinajstić information content (AvgIpc) is 2.64. The second-order valence-electron chi connectivity index (χ2n) is 5.38. The summed E-state index contributed by atoms with van der Waals surface area (Å²) in [7, 11) is 0. The molecule has 2 N–H and O–H groups in total. The van der Waals surface area contributed by atoms with E-state index >= 15 is 0 Å². The van der Waals surface area contributed by atoms with Crippen LogP contribution in [0.2, 0.25) is 0 Å². The van der Waals surface area contributed by atoms with Crippen LogP contribution in [0.25, 0.3) is 0 Å². The molecule has 1 unspecified atom stereocenters. The van der Waals surface area contributed by atoms with E-state index in [9.17, 15) is 9.90 Å². The Bertz CT molecular complexity index is 766. The molecule has 2 aromatic rings. The van der Waals surface area contributed by atoms with E-state index in [1.54, 1.807) is 42.5 Å². The maximum Gasteiger partial charge on any atom is 0.122 e. The number of benzene rings is 2. The summed E-state index contributed by atoms with van der Waals surface area (Å²) in [5.74, 6) is -0.633. The van der Waals surface area contributed by atoms with Gasteiger partial charge in [0.2, 0.25) is 0 Å². The summed E-state index contributed by atoms with van der Waals surface area (Å²) in [5.41, 5.74) is 2.46. The third kappa shape index (κ3) is 4.72. The number of anilines is 1. The Labute approximate surface area is 146 Å². The highest BCUT2D eigenvalue weighted by atomic mass is 16.5. The SMILES string of the molecule is CCc1cc(C(Nc2ccc(C#N)cc2)C(=O)[O-])ccc1OCCO. The zero-order valence-electron chi connectivity index (χ0n) is 13.9. The van der Waals surface area contributed by atoms with Crippen LogP contribution in [0.5, 0.6) is 5.75 Å². The number of hydrogen-bond acceptors (Lipinski definition) is 6. The van der Waals surface area contributed by atoms with Crippen LogP contribution in [0.1, 0.15) is 29.7 Å². The number of carboxylic acid groups (broad SMARTS) is 1. The Morgan fingerprint density at radius 3 is 2.60 bits per heavy atom. The molecule has 0 bridgehead atoms. The van der Waals surface area contributed by atoms with Crippen molar-refractivity contribution in [2.75, 3.05) is 18.5 Å². The van der Waals surface area contributed by atoms with Crippen molar-refractivity contribution in [3.8, 4) is 11.8 Å². The van der Waals surface area contributed by atoms with Gasteiger partial charge in [-0.1, -0.05) is 13.0 Å². The molecule has 0 saturated heterocycles. The Balaban J connectivity index is 2.27. The lowest BCUT2D eigenvalue weighted by Crippen LogP contribution is -2.34. The molecular formula is C19H19N2O4-. The summed E-state index contributed by atoms with van der Waals surface area (Å²) < 4.78 is 5.45. The number of aliphatic carboxylic acids is 1. The van der Waals surface area contributed by atoms with Crippen LogP contribution in [0.15, 0.2) is 42.5 Å². The van der Waals surface area contributed by atoms with Crippen molar-refractivity contribution >= 4 is 11.7 Å². The van der Waals surface area contributed by atoms with Gasteiger partial charge in [0, 0.05) is 5.69 Å². The fraction of sp³-hybridized carbons (Fsp3) is 0.263. The van der Waals surface area contributed by atoms with E-state index in [1.165, 1.54) is 0 Å². The molecule has 0 heterocycles. The zero-order chi connectivity index (χ0) is 18.2. The molecule has 0 aliphatic heterocycles. The first-order valence-corrected chi connectivity index (χ1v) is 7.93. The van der Waals surface area contributed by atoms with E-state index in [2.05, 4.69) is 5.32 Å². The van der Waals surface area contributed by atoms with Crippen LogP contribution in [0.3, 0.4) is 0 Å². The molecule has 0 aromatic heterocycles. The van der Waals surface area contributed by atoms with Gasteiger partial charge in [0.25, 0.3) is 0 Å². The van der Waals surface area contributed by atoms with Crippen molar-refractivity contribution < 1.29 is 19.7 Å². The first-order valence-electron chi connectivity index (χ1n) is 7.93. The minimum atomic E-state index is -1.25. The minimum absolute atomic E-state index is 0.0905. The summed E-state index contributed by atoms with van der Waals surface area (Å²) in [6.07, 6.45) is 0.658. The van der Waals surface area contributed by atoms with E-state index < -0.39 is 12.0 Å². The van der Waals surface area contributed by atoms with E-state index in [4.69, 9.17) is 15.1 Å². The molecule has 2 aromatic carbocycles. The average molecular weight is 339 g/mol. The Morgan fingerprint density at radius 1 is 1.32 bits per heavy atom. The van der Waals surface area contributed by atoms with Gasteiger partial charge in [0.15, 0.2) is 0 Å². The number of rotatable bonds is 8. The smallest absolute Gasteiger partial charge is 0.122 e. The first kappa shape index (κ1) is 18.3. The molecule has 1 atom stereocenters. The van der Waals surface area contributed by atoms with E-state index in [1.807, 2.05) is 13.0 Å². The molecule has 0 spiro atoms. The molecule has 6 heteroatoms. The predicted octanol–water partition coefficient (Wildman–Crippen LogP) is 1.39. The molecule has 0 aliphatic carbocycles. The van der Waals surface area contributed by atoms with Gasteiger partial charge >= 0.3 is 0 Å². The van der Waals surface area contributed by atoms with Gasteiger partial charge in [0.05, 0.1) is 30.3 Å². The number of carbonyl (C=O) groups excluding carboxylic acids is 1. The quantitative estimate of drug-likeness (QED) is 0.753. The van der Waals surface area contributed by atoms with Crippen LogP contribution in [0, 0.1) is 11.3 Å². The molecule has 0 fully saturated rings. The first-order chi connectivity index (χ1) is 12.1. The molecule has 25 heavy (non-hydrogen) atoms. The van der Waals surface area contributed by atoms with Crippen molar-refractivity contribution in [2.45, 2.75) is 19.4 Å². The number of ether oxygens (including phenoxy) is 1. The van der Waals surface area contributed by atoms with Gasteiger partial charge in [-0.2, -0.15) is 5.26 Å². The summed E-state index contributed by atoms with van der Waals surface area (Å²) in [6, 6.07) is 12.6. The standard InChI is InChI=1S/C19H20N2O4/c1-2-14-11-15(5-8-17(14)25-10-9-22)18(19(23)24)21-16-6-3-13(12-20)4-7-16/h3-8,11,18,21-22H,2,9-10H2,1H3,(H,23,24)/p-1. The highest BCUT2D eigenvalue weighted by molar-refractivity contribution is 5.77. The maximum atomic E-state index is 11.6. The van der Waals surface area contributed by atoms with Gasteiger partial charge < -0.3 is 25.1 Å². The van der Waals surface area contributed by atoms with Crippen LogP contribution in [0.4, 0.5) is 5.69 Å². The van der Waals surface area contributed by atoms with Gasteiger partial charge in [-0.3, -0.25) is 0 Å². The number of hydrogen-bond donors (Lipinski definition) is 2. The molecule has 6 nitrogen and oxygen atoms in total. The monoisotopic (exact) mass is 339 g/mol. The molecule has 0 radical (unpaired) electrons. The zero-order valence-corrected chi connectivity index (χ0v) is 13.9. The third-order valence-electron chi connectivity index (χ3n) is 3.71. The number of carbonyl (C=O) groups is 1. The highest BCUT2D eigenvalue weighted by Crippen LogP contribution is 2.26. The fourth-order valence-corrected chi connectivity index (χ4v) is 2.44. The van der Waals surface area contributed by atoms with Gasteiger partial charge in [-0.05, 0) is 53.9 Å². The van der Waals surface area contributed by atoms with Crippen molar-refractivity contribution in [1.29, 1.82) is 5.26 Å². The number of aliphatic hydroxyl groups excluding tert-OH is 1. The number of nitriles is 1. The van der Waals surface area contributed by atoms with Crippen LogP contribution < -0.4 is 15.2 Å². The molecule has 130 valence electrons. The summed E-state index contributed by atoms with van der Waals surface area (Å²) in [6.45, 7) is 2.03. The summed E-state index contributed by atoms with van der Waals surface area (Å²) in [5, 5.41) is 32.2.